The van der Waals surface area contributed by atoms with Gasteiger partial charge in [0.25, 0.3) is 0 Å². The van der Waals surface area contributed by atoms with Crippen LogP contribution in [0.2, 0.25) is 0 Å². The summed E-state index contributed by atoms with van der Waals surface area (Å²) in [6.07, 6.45) is 1.71. The summed E-state index contributed by atoms with van der Waals surface area (Å²) in [6, 6.07) is 21.7. The molecule has 0 amide bonds. The third kappa shape index (κ3) is 6.86. The fraction of sp³-hybridized carbons (Fsp3) is 0.250. The summed E-state index contributed by atoms with van der Waals surface area (Å²) in [6.45, 7) is 4.92. The van der Waals surface area contributed by atoms with E-state index in [4.69, 9.17) is 9.47 Å². The van der Waals surface area contributed by atoms with Crippen LogP contribution in [0.4, 0.5) is 0 Å². The number of aromatic nitrogens is 1. The molecule has 0 aliphatic carbocycles. The van der Waals surface area contributed by atoms with Crippen molar-refractivity contribution in [3.8, 4) is 38.9 Å². The van der Waals surface area contributed by atoms with Gasteiger partial charge in [-0.2, -0.15) is 4.37 Å². The third-order valence-corrected chi connectivity index (χ3v) is 7.55. The molecule has 4 rings (SSSR count). The largest absolute Gasteiger partial charge is 0.494 e. The number of ether oxygens (including phenoxy) is 2. The van der Waals surface area contributed by atoms with E-state index < -0.39 is 9.84 Å². The molecule has 3 aromatic carbocycles. The fourth-order valence-corrected chi connectivity index (χ4v) is 5.36. The van der Waals surface area contributed by atoms with E-state index in [0.717, 1.165) is 49.8 Å². The van der Waals surface area contributed by atoms with Gasteiger partial charge in [0.15, 0.2) is 0 Å². The Bertz CT molecular complexity index is 1420. The van der Waals surface area contributed by atoms with Gasteiger partial charge in [-0.05, 0) is 108 Å². The molecular weight excluding hydrogens is 494 g/mol. The van der Waals surface area contributed by atoms with Crippen LogP contribution in [0, 0.1) is 13.8 Å². The average molecular weight is 524 g/mol. The molecule has 0 aliphatic rings. The normalized spacial score (nSPS) is 11.4. The molecule has 0 saturated heterocycles. The molecule has 0 radical (unpaired) electrons. The summed E-state index contributed by atoms with van der Waals surface area (Å²) in [5.74, 6) is 1.67. The summed E-state index contributed by atoms with van der Waals surface area (Å²) >= 11 is 1.26. The van der Waals surface area contributed by atoms with E-state index in [2.05, 4.69) is 30.4 Å². The molecule has 0 unspecified atom stereocenters. The number of hydrogen-bond acceptors (Lipinski definition) is 7. The Kier molecular flexibility index (Phi) is 7.96. The molecule has 0 bridgehead atoms. The smallest absolute Gasteiger partial charge is 0.223 e. The summed E-state index contributed by atoms with van der Waals surface area (Å²) < 4.78 is 38.3. The highest BCUT2D eigenvalue weighted by atomic mass is 32.2. The van der Waals surface area contributed by atoms with E-state index in [1.54, 1.807) is 6.07 Å². The molecule has 8 heteroatoms. The Morgan fingerprint density at radius 2 is 1.61 bits per heavy atom. The zero-order chi connectivity index (χ0) is 25.7. The number of nitrogens with zero attached hydrogens (tertiary/aromatic N) is 1. The van der Waals surface area contributed by atoms with Gasteiger partial charge in [-0.3, -0.25) is 0 Å². The maximum absolute atomic E-state index is 11.3. The monoisotopic (exact) mass is 523 g/mol. The lowest BCUT2D eigenvalue weighted by Gasteiger charge is -2.15. The van der Waals surface area contributed by atoms with Crippen LogP contribution in [0.5, 0.6) is 17.4 Å². The van der Waals surface area contributed by atoms with Gasteiger partial charge < -0.3 is 14.6 Å². The molecule has 4 aromatic rings. The van der Waals surface area contributed by atoms with Crippen LogP contribution >= 0.6 is 11.5 Å². The first-order valence-electron chi connectivity index (χ1n) is 11.6. The first-order valence-corrected chi connectivity index (χ1v) is 14.4. The Morgan fingerprint density at radius 1 is 0.889 bits per heavy atom. The minimum Gasteiger partial charge on any atom is -0.494 e. The highest BCUT2D eigenvalue weighted by Crippen LogP contribution is 2.32. The van der Waals surface area contributed by atoms with Crippen LogP contribution in [-0.4, -0.2) is 36.5 Å². The maximum atomic E-state index is 11.3. The first kappa shape index (κ1) is 25.7. The van der Waals surface area contributed by atoms with Gasteiger partial charge in [0.2, 0.25) is 5.88 Å². The lowest BCUT2D eigenvalue weighted by molar-refractivity contribution is 0.306. The van der Waals surface area contributed by atoms with Crippen LogP contribution in [0.1, 0.15) is 23.1 Å². The highest BCUT2D eigenvalue weighted by molar-refractivity contribution is 7.90. The van der Waals surface area contributed by atoms with Crippen molar-refractivity contribution in [2.75, 3.05) is 18.6 Å². The molecule has 0 saturated carbocycles. The van der Waals surface area contributed by atoms with Gasteiger partial charge in [-0.25, -0.2) is 8.42 Å². The molecule has 0 atom stereocenters. The zero-order valence-corrected chi connectivity index (χ0v) is 22.2. The third-order valence-electron chi connectivity index (χ3n) is 5.69. The Morgan fingerprint density at radius 3 is 2.25 bits per heavy atom. The summed E-state index contributed by atoms with van der Waals surface area (Å²) in [4.78, 5) is 0.905. The Balaban J connectivity index is 1.41. The van der Waals surface area contributed by atoms with Gasteiger partial charge in [-0.1, -0.05) is 18.2 Å². The maximum Gasteiger partial charge on any atom is 0.223 e. The Hall–Kier alpha value is -3.36. The van der Waals surface area contributed by atoms with Crippen LogP contribution < -0.4 is 9.47 Å². The van der Waals surface area contributed by atoms with Gasteiger partial charge in [-0.15, -0.1) is 0 Å². The van der Waals surface area contributed by atoms with E-state index in [1.165, 1.54) is 17.8 Å². The topological polar surface area (TPSA) is 85.7 Å². The fourth-order valence-electron chi connectivity index (χ4n) is 4.07. The number of aromatic hydroxyl groups is 1. The van der Waals surface area contributed by atoms with Crippen LogP contribution in [-0.2, 0) is 16.4 Å². The molecule has 0 aliphatic heterocycles. The molecular formula is C28H29NO5S2. The van der Waals surface area contributed by atoms with Crippen molar-refractivity contribution in [2.45, 2.75) is 26.9 Å². The zero-order valence-electron chi connectivity index (χ0n) is 20.5. The Labute approximate surface area is 216 Å². The second kappa shape index (κ2) is 11.1. The molecule has 1 aromatic heterocycles. The van der Waals surface area contributed by atoms with E-state index in [9.17, 15) is 13.5 Å². The minimum atomic E-state index is -2.98. The SMILES string of the molecule is Cc1cc(OCCCS(C)(=O)=O)cc(C)c1-c1cccc(COc2ccc(-c3cc(O)ns3)cc2)c1. The van der Waals surface area contributed by atoms with Crippen molar-refractivity contribution in [3.63, 3.8) is 0 Å². The molecule has 6 nitrogen and oxygen atoms in total. The van der Waals surface area contributed by atoms with Gasteiger partial charge in [0.1, 0.15) is 27.9 Å². The predicted molar refractivity (Wildman–Crippen MR) is 145 cm³/mol. The van der Waals surface area contributed by atoms with Crippen LogP contribution in [0.15, 0.2) is 66.7 Å². The standard InChI is InChI=1S/C28H29NO5S2/c1-19-14-25(33-12-5-13-36(3,31)32)15-20(2)28(19)23-7-4-6-21(16-23)18-34-24-10-8-22(9-11-24)26-17-27(30)29-35-26/h4,6-11,14-17H,5,12-13,18H2,1-3H3,(H,29,30). The lowest BCUT2D eigenvalue weighted by Crippen LogP contribution is -2.08. The van der Waals surface area contributed by atoms with E-state index >= 15 is 0 Å². The van der Waals surface area contributed by atoms with Crippen molar-refractivity contribution in [2.24, 2.45) is 0 Å². The van der Waals surface area contributed by atoms with Crippen molar-refractivity contribution in [3.05, 3.63) is 83.4 Å². The van der Waals surface area contributed by atoms with Crippen LogP contribution in [0.25, 0.3) is 21.6 Å². The van der Waals surface area contributed by atoms with Gasteiger partial charge in [0, 0.05) is 12.3 Å². The number of aryl methyl sites for hydroxylation is 2. The highest BCUT2D eigenvalue weighted by Gasteiger charge is 2.11. The predicted octanol–water partition coefficient (Wildman–Crippen LogP) is 6.19. The van der Waals surface area contributed by atoms with Crippen molar-refractivity contribution >= 4 is 21.4 Å². The second-order valence-electron chi connectivity index (χ2n) is 8.83. The van der Waals surface area contributed by atoms with E-state index in [-0.39, 0.29) is 11.6 Å². The molecule has 36 heavy (non-hydrogen) atoms. The number of benzene rings is 3. The quantitative estimate of drug-likeness (QED) is 0.249. The van der Waals surface area contributed by atoms with Crippen molar-refractivity contribution in [1.82, 2.24) is 4.37 Å². The van der Waals surface area contributed by atoms with Gasteiger partial charge in [0.05, 0.1) is 17.2 Å². The van der Waals surface area contributed by atoms with Crippen molar-refractivity contribution < 1.29 is 23.0 Å². The molecule has 188 valence electrons. The molecule has 0 spiro atoms. The van der Waals surface area contributed by atoms with E-state index in [0.29, 0.717) is 19.6 Å². The summed E-state index contributed by atoms with van der Waals surface area (Å²) in [5, 5.41) is 9.45. The summed E-state index contributed by atoms with van der Waals surface area (Å²) in [7, 11) is -2.98. The second-order valence-corrected chi connectivity index (χ2v) is 11.9. The van der Waals surface area contributed by atoms with Crippen LogP contribution in [0.3, 0.4) is 0 Å². The average Bonchev–Trinajstić information content (AvgIpc) is 3.26. The van der Waals surface area contributed by atoms with Gasteiger partial charge >= 0.3 is 0 Å². The molecule has 0 fully saturated rings. The molecule has 1 heterocycles. The number of hydrogen-bond donors (Lipinski definition) is 1. The lowest BCUT2D eigenvalue weighted by atomic mass is 9.94. The minimum absolute atomic E-state index is 0.0347. The number of sulfone groups is 1. The van der Waals surface area contributed by atoms with E-state index in [1.807, 2.05) is 48.5 Å². The summed E-state index contributed by atoms with van der Waals surface area (Å²) in [5.41, 5.74) is 6.49. The first-order chi connectivity index (χ1) is 17.2. The number of rotatable bonds is 10. The molecule has 1 N–H and O–H groups in total. The van der Waals surface area contributed by atoms with Crippen molar-refractivity contribution in [1.29, 1.82) is 0 Å².